The van der Waals surface area contributed by atoms with Gasteiger partial charge in [-0.05, 0) is 57.8 Å². The molecule has 0 bridgehead atoms. The molecular formula is C55H105NO4. The fourth-order valence-corrected chi connectivity index (χ4v) is 8.26. The molecule has 0 rings (SSSR count). The average Bonchev–Trinajstić information content (AvgIpc) is 3.25. The van der Waals surface area contributed by atoms with Gasteiger partial charge in [0.05, 0.1) is 18.8 Å². The van der Waals surface area contributed by atoms with Crippen molar-refractivity contribution in [2.24, 2.45) is 0 Å². The monoisotopic (exact) mass is 844 g/mol. The lowest BCUT2D eigenvalue weighted by atomic mass is 10.0. The molecule has 0 aliphatic carbocycles. The predicted molar refractivity (Wildman–Crippen MR) is 264 cm³/mol. The molecule has 3 unspecified atom stereocenters. The van der Waals surface area contributed by atoms with Gasteiger partial charge in [-0.1, -0.05) is 262 Å². The summed E-state index contributed by atoms with van der Waals surface area (Å²) in [4.78, 5) is 12.5. The lowest BCUT2D eigenvalue weighted by Crippen LogP contribution is -2.48. The average molecular weight is 844 g/mol. The molecule has 0 aliphatic rings. The minimum atomic E-state index is -1.11. The number of hydrogen-bond acceptors (Lipinski definition) is 4. The van der Waals surface area contributed by atoms with E-state index in [2.05, 4.69) is 43.5 Å². The van der Waals surface area contributed by atoms with E-state index in [4.69, 9.17) is 0 Å². The summed E-state index contributed by atoms with van der Waals surface area (Å²) in [7, 11) is 0. The van der Waals surface area contributed by atoms with Crippen LogP contribution in [-0.2, 0) is 4.79 Å². The van der Waals surface area contributed by atoms with Crippen molar-refractivity contribution in [1.82, 2.24) is 5.32 Å². The molecule has 0 saturated heterocycles. The van der Waals surface area contributed by atoms with Crippen LogP contribution in [0.3, 0.4) is 0 Å². The Bertz CT molecular complexity index is 931. The van der Waals surface area contributed by atoms with Crippen LogP contribution in [0, 0.1) is 0 Å². The molecule has 0 aromatic carbocycles. The summed E-state index contributed by atoms with van der Waals surface area (Å²) in [6, 6.07) is -0.814. The van der Waals surface area contributed by atoms with Crippen molar-refractivity contribution < 1.29 is 20.1 Å². The number of hydrogen-bond donors (Lipinski definition) is 4. The Morgan fingerprint density at radius 3 is 1.02 bits per heavy atom. The number of aliphatic hydroxyl groups is 3. The molecule has 5 nitrogen and oxygen atoms in total. The Balaban J connectivity index is 3.57. The van der Waals surface area contributed by atoms with Gasteiger partial charge in [0, 0.05) is 0 Å². The zero-order valence-electron chi connectivity index (χ0n) is 40.4. The Morgan fingerprint density at radius 1 is 0.400 bits per heavy atom. The number of allylic oxidation sites excluding steroid dienone is 5. The van der Waals surface area contributed by atoms with E-state index in [0.717, 1.165) is 38.5 Å². The number of aliphatic hydroxyl groups excluding tert-OH is 3. The number of nitrogens with one attached hydrogen (secondary N) is 1. The van der Waals surface area contributed by atoms with Crippen molar-refractivity contribution in [2.45, 2.75) is 302 Å². The van der Waals surface area contributed by atoms with E-state index >= 15 is 0 Å². The molecule has 0 saturated carbocycles. The van der Waals surface area contributed by atoms with Crippen molar-refractivity contribution >= 4 is 5.91 Å². The second-order valence-electron chi connectivity index (χ2n) is 18.4. The summed E-state index contributed by atoms with van der Waals surface area (Å²) in [5, 5.41) is 33.2. The second-order valence-corrected chi connectivity index (χ2v) is 18.4. The highest BCUT2D eigenvalue weighted by atomic mass is 16.3. The highest BCUT2D eigenvalue weighted by molar-refractivity contribution is 5.80. The van der Waals surface area contributed by atoms with Crippen LogP contribution in [0.15, 0.2) is 36.5 Å². The molecule has 354 valence electrons. The van der Waals surface area contributed by atoms with Crippen LogP contribution in [-0.4, -0.2) is 46.1 Å². The van der Waals surface area contributed by atoms with Crippen LogP contribution in [0.2, 0.25) is 0 Å². The lowest BCUT2D eigenvalue weighted by Gasteiger charge is -2.21. The van der Waals surface area contributed by atoms with Crippen molar-refractivity contribution in [2.75, 3.05) is 6.61 Å². The van der Waals surface area contributed by atoms with Gasteiger partial charge in [0.15, 0.2) is 0 Å². The second kappa shape index (κ2) is 50.2. The molecule has 1 amide bonds. The fraction of sp³-hybridized carbons (Fsp3) is 0.873. The zero-order valence-corrected chi connectivity index (χ0v) is 40.4. The predicted octanol–water partition coefficient (Wildman–Crippen LogP) is 16.3. The third-order valence-corrected chi connectivity index (χ3v) is 12.5. The van der Waals surface area contributed by atoms with E-state index in [1.807, 2.05) is 6.08 Å². The first-order valence-corrected chi connectivity index (χ1v) is 26.8. The molecule has 60 heavy (non-hydrogen) atoms. The summed E-state index contributed by atoms with van der Waals surface area (Å²) in [5.74, 6) is -0.510. The molecule has 3 atom stereocenters. The highest BCUT2D eigenvalue weighted by Crippen LogP contribution is 2.16. The first-order chi connectivity index (χ1) is 29.6. The highest BCUT2D eigenvalue weighted by Gasteiger charge is 2.22. The third-order valence-electron chi connectivity index (χ3n) is 12.5. The Labute approximate surface area is 374 Å². The van der Waals surface area contributed by atoms with Crippen LogP contribution in [0.4, 0.5) is 0 Å². The summed E-state index contributed by atoms with van der Waals surface area (Å²) in [6.45, 7) is 4.19. The molecule has 0 heterocycles. The SMILES string of the molecule is CCCCCCCCCCCC/C=C/CC/C=C/C(O)C(CO)NC(=O)C(O)CCCCCCCCCCCCCCCC/C=C\CCCCCCCCCCCCCC. The van der Waals surface area contributed by atoms with Gasteiger partial charge in [-0.25, -0.2) is 0 Å². The van der Waals surface area contributed by atoms with Gasteiger partial charge in [-0.3, -0.25) is 4.79 Å². The molecule has 0 fully saturated rings. The number of unbranched alkanes of at least 4 members (excludes halogenated alkanes) is 37. The molecule has 0 radical (unpaired) electrons. The number of carbonyl (C=O) groups is 1. The Morgan fingerprint density at radius 2 is 0.683 bits per heavy atom. The summed E-state index contributed by atoms with van der Waals surface area (Å²) in [6.07, 6.45) is 65.0. The standard InChI is InChI=1S/C55H105NO4/c1-3-5-7-9-11-13-15-17-19-21-22-23-24-25-26-27-28-29-30-31-32-33-34-36-38-40-42-44-46-48-50-54(59)55(60)56-52(51-57)53(58)49-47-45-43-41-39-37-35-20-18-16-14-12-10-8-6-4-2/h25-26,39,41,47,49,52-54,57-59H,3-24,27-38,40,42-46,48,50-51H2,1-2H3,(H,56,60)/b26-25-,41-39+,49-47+. The van der Waals surface area contributed by atoms with E-state index in [0.29, 0.717) is 6.42 Å². The normalized spacial score (nSPS) is 13.6. The summed E-state index contributed by atoms with van der Waals surface area (Å²) in [5.41, 5.74) is 0. The van der Waals surface area contributed by atoms with Crippen LogP contribution >= 0.6 is 0 Å². The van der Waals surface area contributed by atoms with Crippen molar-refractivity contribution in [3.8, 4) is 0 Å². The van der Waals surface area contributed by atoms with E-state index in [9.17, 15) is 20.1 Å². The summed E-state index contributed by atoms with van der Waals surface area (Å²) < 4.78 is 0. The van der Waals surface area contributed by atoms with E-state index in [1.165, 1.54) is 225 Å². The third kappa shape index (κ3) is 44.6. The molecule has 0 aromatic rings. The van der Waals surface area contributed by atoms with Gasteiger partial charge >= 0.3 is 0 Å². The van der Waals surface area contributed by atoms with Gasteiger partial charge in [0.2, 0.25) is 5.91 Å². The van der Waals surface area contributed by atoms with E-state index in [1.54, 1.807) is 6.08 Å². The summed E-state index contributed by atoms with van der Waals surface area (Å²) >= 11 is 0. The number of rotatable bonds is 49. The van der Waals surface area contributed by atoms with Crippen LogP contribution < -0.4 is 5.32 Å². The number of amides is 1. The minimum absolute atomic E-state index is 0.375. The maximum absolute atomic E-state index is 12.5. The topological polar surface area (TPSA) is 89.8 Å². The smallest absolute Gasteiger partial charge is 0.249 e. The quantitative estimate of drug-likeness (QED) is 0.0363. The molecule has 5 heteroatoms. The van der Waals surface area contributed by atoms with Crippen LogP contribution in [0.1, 0.15) is 284 Å². The van der Waals surface area contributed by atoms with Gasteiger partial charge in [0.25, 0.3) is 0 Å². The van der Waals surface area contributed by atoms with Gasteiger partial charge in [0.1, 0.15) is 6.10 Å². The van der Waals surface area contributed by atoms with Crippen molar-refractivity contribution in [3.63, 3.8) is 0 Å². The fourth-order valence-electron chi connectivity index (χ4n) is 8.26. The van der Waals surface area contributed by atoms with Crippen molar-refractivity contribution in [1.29, 1.82) is 0 Å². The van der Waals surface area contributed by atoms with Crippen LogP contribution in [0.25, 0.3) is 0 Å². The maximum Gasteiger partial charge on any atom is 0.249 e. The van der Waals surface area contributed by atoms with E-state index in [-0.39, 0.29) is 6.61 Å². The van der Waals surface area contributed by atoms with Crippen molar-refractivity contribution in [3.05, 3.63) is 36.5 Å². The van der Waals surface area contributed by atoms with Gasteiger partial charge < -0.3 is 20.6 Å². The molecule has 0 spiro atoms. The zero-order chi connectivity index (χ0) is 43.7. The maximum atomic E-state index is 12.5. The van der Waals surface area contributed by atoms with Gasteiger partial charge in [-0.2, -0.15) is 0 Å². The molecule has 4 N–H and O–H groups in total. The largest absolute Gasteiger partial charge is 0.394 e. The van der Waals surface area contributed by atoms with Crippen LogP contribution in [0.5, 0.6) is 0 Å². The Kier molecular flexibility index (Phi) is 49.0. The lowest BCUT2D eigenvalue weighted by molar-refractivity contribution is -0.131. The first kappa shape index (κ1) is 58.6. The number of carbonyl (C=O) groups excluding carboxylic acids is 1. The Hall–Kier alpha value is -1.43. The molecule has 0 aromatic heterocycles. The van der Waals surface area contributed by atoms with Gasteiger partial charge in [-0.15, -0.1) is 0 Å². The van der Waals surface area contributed by atoms with E-state index < -0.39 is 24.2 Å². The molecule has 0 aliphatic heterocycles. The minimum Gasteiger partial charge on any atom is -0.394 e. The molecular weight excluding hydrogens is 739 g/mol. The first-order valence-electron chi connectivity index (χ1n) is 26.8.